The molecule has 0 unspecified atom stereocenters. The highest BCUT2D eigenvalue weighted by Crippen LogP contribution is 2.39. The molecular formula is C10H11N3O3. The van der Waals surface area contributed by atoms with E-state index in [1.54, 1.807) is 6.07 Å². The summed E-state index contributed by atoms with van der Waals surface area (Å²) in [6.45, 7) is 0. The van der Waals surface area contributed by atoms with Crippen LogP contribution in [-0.4, -0.2) is 27.5 Å². The minimum Gasteiger partial charge on any atom is -0.480 e. The maximum Gasteiger partial charge on any atom is 0.329 e. The zero-order chi connectivity index (χ0) is 11.8. The maximum absolute atomic E-state index is 11.1. The van der Waals surface area contributed by atoms with Gasteiger partial charge in [0, 0.05) is 6.20 Å². The Morgan fingerprint density at radius 2 is 2.19 bits per heavy atom. The van der Waals surface area contributed by atoms with Crippen LogP contribution in [0, 0.1) is 0 Å². The summed E-state index contributed by atoms with van der Waals surface area (Å²) >= 11 is 0. The summed E-state index contributed by atoms with van der Waals surface area (Å²) in [6.07, 6.45) is 2.53. The van der Waals surface area contributed by atoms with Gasteiger partial charge in [-0.25, -0.2) is 9.78 Å². The molecule has 1 aromatic rings. The molecule has 0 spiro atoms. The van der Waals surface area contributed by atoms with Crippen molar-refractivity contribution in [2.45, 2.75) is 18.4 Å². The van der Waals surface area contributed by atoms with Gasteiger partial charge in [0.25, 0.3) is 5.91 Å². The van der Waals surface area contributed by atoms with Crippen LogP contribution in [0.5, 0.6) is 0 Å². The van der Waals surface area contributed by atoms with Gasteiger partial charge in [-0.3, -0.25) is 4.79 Å². The van der Waals surface area contributed by atoms with Gasteiger partial charge in [-0.2, -0.15) is 0 Å². The highest BCUT2D eigenvalue weighted by Gasteiger charge is 2.51. The lowest BCUT2D eigenvalue weighted by Gasteiger charge is -2.14. The molecule has 6 heteroatoms. The van der Waals surface area contributed by atoms with Gasteiger partial charge in [0.05, 0.1) is 5.56 Å². The fourth-order valence-corrected chi connectivity index (χ4v) is 1.45. The van der Waals surface area contributed by atoms with E-state index in [1.165, 1.54) is 12.3 Å². The second kappa shape index (κ2) is 3.48. The van der Waals surface area contributed by atoms with E-state index in [4.69, 9.17) is 10.8 Å². The number of aliphatic carboxylic acids is 1. The van der Waals surface area contributed by atoms with Crippen molar-refractivity contribution in [1.29, 1.82) is 0 Å². The number of carboxylic acids is 1. The fraction of sp³-hybridized carbons (Fsp3) is 0.300. The normalized spacial score (nSPS) is 16.5. The summed E-state index contributed by atoms with van der Waals surface area (Å²) < 4.78 is 0. The zero-order valence-corrected chi connectivity index (χ0v) is 8.43. The van der Waals surface area contributed by atoms with Crippen LogP contribution in [0.15, 0.2) is 18.3 Å². The van der Waals surface area contributed by atoms with Crippen molar-refractivity contribution in [3.05, 3.63) is 23.9 Å². The molecule has 0 bridgehead atoms. The van der Waals surface area contributed by atoms with Crippen molar-refractivity contribution in [2.24, 2.45) is 5.73 Å². The number of carbonyl (C=O) groups is 2. The Hall–Kier alpha value is -2.11. The number of nitrogens with one attached hydrogen (secondary N) is 1. The molecule has 0 aliphatic heterocycles. The molecule has 1 saturated carbocycles. The van der Waals surface area contributed by atoms with Gasteiger partial charge >= 0.3 is 5.97 Å². The highest BCUT2D eigenvalue weighted by atomic mass is 16.4. The summed E-state index contributed by atoms with van der Waals surface area (Å²) in [6, 6.07) is 3.08. The lowest BCUT2D eigenvalue weighted by Crippen LogP contribution is -2.33. The van der Waals surface area contributed by atoms with E-state index in [2.05, 4.69) is 10.3 Å². The SMILES string of the molecule is NC(=O)c1cccnc1NC1(C(=O)O)CC1. The summed E-state index contributed by atoms with van der Waals surface area (Å²) in [5.41, 5.74) is 4.39. The summed E-state index contributed by atoms with van der Waals surface area (Å²) in [7, 11) is 0. The Morgan fingerprint density at radius 1 is 1.50 bits per heavy atom. The van der Waals surface area contributed by atoms with Crippen molar-refractivity contribution >= 4 is 17.7 Å². The lowest BCUT2D eigenvalue weighted by molar-refractivity contribution is -0.138. The van der Waals surface area contributed by atoms with Crippen LogP contribution in [0.3, 0.4) is 0 Å². The molecule has 0 atom stereocenters. The predicted octanol–water partition coefficient (Wildman–Crippen LogP) is 0.210. The van der Waals surface area contributed by atoms with Gasteiger partial charge in [0.15, 0.2) is 0 Å². The Balaban J connectivity index is 2.28. The average Bonchev–Trinajstić information content (AvgIpc) is 2.99. The van der Waals surface area contributed by atoms with Crippen LogP contribution in [0.4, 0.5) is 5.82 Å². The van der Waals surface area contributed by atoms with Crippen LogP contribution in [-0.2, 0) is 4.79 Å². The maximum atomic E-state index is 11.1. The standard InChI is InChI=1S/C10H11N3O3/c11-7(14)6-2-1-5-12-8(6)13-10(3-4-10)9(15)16/h1-2,5H,3-4H2,(H2,11,14)(H,12,13)(H,15,16). The van der Waals surface area contributed by atoms with E-state index < -0.39 is 17.4 Å². The van der Waals surface area contributed by atoms with Crippen LogP contribution < -0.4 is 11.1 Å². The first-order valence-electron chi connectivity index (χ1n) is 4.81. The van der Waals surface area contributed by atoms with E-state index in [-0.39, 0.29) is 11.4 Å². The molecule has 0 aromatic carbocycles. The molecule has 1 heterocycles. The Kier molecular flexibility index (Phi) is 2.26. The van der Waals surface area contributed by atoms with E-state index in [1.807, 2.05) is 0 Å². The number of nitrogens with zero attached hydrogens (tertiary/aromatic N) is 1. The first-order chi connectivity index (χ1) is 7.55. The van der Waals surface area contributed by atoms with Crippen molar-refractivity contribution in [1.82, 2.24) is 4.98 Å². The molecular weight excluding hydrogens is 210 g/mol. The van der Waals surface area contributed by atoms with Crippen molar-refractivity contribution < 1.29 is 14.7 Å². The van der Waals surface area contributed by atoms with Crippen LogP contribution >= 0.6 is 0 Å². The molecule has 6 nitrogen and oxygen atoms in total. The van der Waals surface area contributed by atoms with Crippen LogP contribution in [0.25, 0.3) is 0 Å². The number of anilines is 1. The molecule has 1 aromatic heterocycles. The van der Waals surface area contributed by atoms with Gasteiger partial charge in [0.2, 0.25) is 0 Å². The first kappa shape index (κ1) is 10.4. The second-order valence-electron chi connectivity index (χ2n) is 3.78. The number of aromatic nitrogens is 1. The van der Waals surface area contributed by atoms with E-state index in [9.17, 15) is 9.59 Å². The van der Waals surface area contributed by atoms with E-state index in [0.717, 1.165) is 0 Å². The van der Waals surface area contributed by atoms with Gasteiger partial charge in [-0.05, 0) is 25.0 Å². The fourth-order valence-electron chi connectivity index (χ4n) is 1.45. The van der Waals surface area contributed by atoms with Crippen LogP contribution in [0.2, 0.25) is 0 Å². The first-order valence-corrected chi connectivity index (χ1v) is 4.81. The largest absolute Gasteiger partial charge is 0.480 e. The molecule has 0 saturated heterocycles. The minimum atomic E-state index is -0.974. The molecule has 1 aliphatic rings. The molecule has 1 aliphatic carbocycles. The molecule has 0 radical (unpaired) electrons. The summed E-state index contributed by atoms with van der Waals surface area (Å²) in [5, 5.41) is 11.8. The van der Waals surface area contributed by atoms with Gasteiger partial charge in [-0.1, -0.05) is 0 Å². The number of hydrogen-bond acceptors (Lipinski definition) is 4. The van der Waals surface area contributed by atoms with Crippen molar-refractivity contribution in [3.8, 4) is 0 Å². The van der Waals surface area contributed by atoms with Gasteiger partial charge in [-0.15, -0.1) is 0 Å². The Labute approximate surface area is 91.5 Å². The van der Waals surface area contributed by atoms with Crippen molar-refractivity contribution in [2.75, 3.05) is 5.32 Å². The summed E-state index contributed by atoms with van der Waals surface area (Å²) in [4.78, 5) is 26.0. The number of carboxylic acid groups (broad SMARTS) is 1. The lowest BCUT2D eigenvalue weighted by atomic mass is 10.2. The number of pyridine rings is 1. The van der Waals surface area contributed by atoms with Gasteiger partial charge in [0.1, 0.15) is 11.4 Å². The highest BCUT2D eigenvalue weighted by molar-refractivity contribution is 5.98. The molecule has 84 valence electrons. The quantitative estimate of drug-likeness (QED) is 0.674. The topological polar surface area (TPSA) is 105 Å². The number of primary amides is 1. The average molecular weight is 221 g/mol. The van der Waals surface area contributed by atoms with Crippen molar-refractivity contribution in [3.63, 3.8) is 0 Å². The molecule has 16 heavy (non-hydrogen) atoms. The minimum absolute atomic E-state index is 0.204. The van der Waals surface area contributed by atoms with Crippen LogP contribution in [0.1, 0.15) is 23.2 Å². The predicted molar refractivity (Wildman–Crippen MR) is 56.0 cm³/mol. The Morgan fingerprint density at radius 3 is 2.69 bits per heavy atom. The molecule has 2 rings (SSSR count). The third kappa shape index (κ3) is 1.69. The van der Waals surface area contributed by atoms with E-state index in [0.29, 0.717) is 12.8 Å². The number of nitrogens with two attached hydrogens (primary N) is 1. The van der Waals surface area contributed by atoms with Gasteiger partial charge < -0.3 is 16.2 Å². The summed E-state index contributed by atoms with van der Waals surface area (Å²) in [5.74, 6) is -1.33. The Bertz CT molecular complexity index is 454. The number of amides is 1. The smallest absolute Gasteiger partial charge is 0.329 e. The number of carbonyl (C=O) groups excluding carboxylic acids is 1. The second-order valence-corrected chi connectivity index (χ2v) is 3.78. The molecule has 1 amide bonds. The third-order valence-electron chi connectivity index (χ3n) is 2.59. The third-order valence-corrected chi connectivity index (χ3v) is 2.59. The molecule has 4 N–H and O–H groups in total. The molecule has 1 fully saturated rings. The number of hydrogen-bond donors (Lipinski definition) is 3. The monoisotopic (exact) mass is 221 g/mol. The number of rotatable bonds is 4. The zero-order valence-electron chi connectivity index (χ0n) is 8.43. The van der Waals surface area contributed by atoms with E-state index >= 15 is 0 Å².